The SMILES string of the molecule is CCC(=O)Nc1cccc(C(=O)N2CCS[C@H](C(C)C)C2)c1. The molecule has 1 aromatic rings. The number of carbonyl (C=O) groups is 2. The maximum Gasteiger partial charge on any atom is 0.253 e. The van der Waals surface area contributed by atoms with Gasteiger partial charge in [0.15, 0.2) is 0 Å². The fraction of sp³-hybridized carbons (Fsp3) is 0.529. The highest BCUT2D eigenvalue weighted by atomic mass is 32.2. The van der Waals surface area contributed by atoms with Gasteiger partial charge in [0.05, 0.1) is 0 Å². The quantitative estimate of drug-likeness (QED) is 0.926. The Bertz CT molecular complexity index is 545. The second-order valence-electron chi connectivity index (χ2n) is 5.89. The van der Waals surface area contributed by atoms with E-state index in [4.69, 9.17) is 0 Å². The Hall–Kier alpha value is -1.49. The van der Waals surface area contributed by atoms with Crippen LogP contribution in [-0.2, 0) is 4.79 Å². The first-order valence-electron chi connectivity index (χ1n) is 7.82. The van der Waals surface area contributed by atoms with Crippen molar-refractivity contribution < 1.29 is 9.59 Å². The third kappa shape index (κ3) is 4.26. The number of nitrogens with one attached hydrogen (secondary N) is 1. The Morgan fingerprint density at radius 3 is 2.86 bits per heavy atom. The van der Waals surface area contributed by atoms with Crippen LogP contribution in [0, 0.1) is 5.92 Å². The number of benzene rings is 1. The monoisotopic (exact) mass is 320 g/mol. The predicted molar refractivity (Wildman–Crippen MR) is 92.4 cm³/mol. The zero-order valence-corrected chi connectivity index (χ0v) is 14.3. The molecule has 1 aromatic carbocycles. The van der Waals surface area contributed by atoms with Crippen molar-refractivity contribution in [3.8, 4) is 0 Å². The molecule has 2 rings (SSSR count). The molecule has 0 spiro atoms. The van der Waals surface area contributed by atoms with Gasteiger partial charge in [0.1, 0.15) is 0 Å². The fourth-order valence-corrected chi connectivity index (χ4v) is 3.72. The van der Waals surface area contributed by atoms with Crippen LogP contribution in [0.25, 0.3) is 0 Å². The maximum absolute atomic E-state index is 12.7. The number of thioether (sulfide) groups is 1. The topological polar surface area (TPSA) is 49.4 Å². The number of rotatable bonds is 4. The standard InChI is InChI=1S/C17H24N2O2S/c1-4-16(20)18-14-7-5-6-13(10-14)17(21)19-8-9-22-15(11-19)12(2)3/h5-7,10,12,15H,4,8-9,11H2,1-3H3,(H,18,20)/t15-/m0/s1. The van der Waals surface area contributed by atoms with Crippen molar-refractivity contribution in [2.45, 2.75) is 32.4 Å². The lowest BCUT2D eigenvalue weighted by Gasteiger charge is -2.34. The largest absolute Gasteiger partial charge is 0.337 e. The molecule has 5 heteroatoms. The van der Waals surface area contributed by atoms with Crippen molar-refractivity contribution in [2.75, 3.05) is 24.2 Å². The summed E-state index contributed by atoms with van der Waals surface area (Å²) in [5.41, 5.74) is 1.33. The van der Waals surface area contributed by atoms with Crippen LogP contribution < -0.4 is 5.32 Å². The van der Waals surface area contributed by atoms with Gasteiger partial charge in [0.25, 0.3) is 5.91 Å². The molecule has 1 N–H and O–H groups in total. The minimum atomic E-state index is -0.0427. The van der Waals surface area contributed by atoms with Crippen LogP contribution in [-0.4, -0.2) is 40.8 Å². The summed E-state index contributed by atoms with van der Waals surface area (Å²) in [6, 6.07) is 7.21. The lowest BCUT2D eigenvalue weighted by atomic mass is 10.1. The Kier molecular flexibility index (Phi) is 5.89. The van der Waals surface area contributed by atoms with Crippen LogP contribution in [0.2, 0.25) is 0 Å². The molecule has 0 saturated carbocycles. The fourth-order valence-electron chi connectivity index (χ4n) is 2.43. The van der Waals surface area contributed by atoms with Gasteiger partial charge < -0.3 is 10.2 Å². The smallest absolute Gasteiger partial charge is 0.253 e. The first kappa shape index (κ1) is 16.9. The summed E-state index contributed by atoms with van der Waals surface area (Å²) in [5, 5.41) is 3.30. The molecule has 1 aliphatic rings. The number of amides is 2. The Morgan fingerprint density at radius 1 is 1.41 bits per heavy atom. The molecule has 0 aliphatic carbocycles. The van der Waals surface area contributed by atoms with E-state index in [-0.39, 0.29) is 11.8 Å². The van der Waals surface area contributed by atoms with Crippen molar-refractivity contribution in [1.29, 1.82) is 0 Å². The van der Waals surface area contributed by atoms with Crippen molar-refractivity contribution in [3.63, 3.8) is 0 Å². The van der Waals surface area contributed by atoms with Crippen LogP contribution >= 0.6 is 11.8 Å². The molecule has 0 bridgehead atoms. The summed E-state index contributed by atoms with van der Waals surface area (Å²) in [6.07, 6.45) is 0.428. The van der Waals surface area contributed by atoms with Gasteiger partial charge >= 0.3 is 0 Å². The summed E-state index contributed by atoms with van der Waals surface area (Å²) in [5.74, 6) is 1.56. The molecule has 1 atom stereocenters. The third-order valence-corrected chi connectivity index (χ3v) is 5.38. The maximum atomic E-state index is 12.7. The van der Waals surface area contributed by atoms with Crippen molar-refractivity contribution in [1.82, 2.24) is 4.90 Å². The second kappa shape index (κ2) is 7.68. The highest BCUT2D eigenvalue weighted by molar-refractivity contribution is 8.00. The molecule has 4 nitrogen and oxygen atoms in total. The molecule has 0 unspecified atom stereocenters. The van der Waals surface area contributed by atoms with E-state index >= 15 is 0 Å². The number of anilines is 1. The molecule has 0 radical (unpaired) electrons. The third-order valence-electron chi connectivity index (χ3n) is 3.84. The minimum Gasteiger partial charge on any atom is -0.337 e. The van der Waals surface area contributed by atoms with Gasteiger partial charge in [-0.05, 0) is 24.1 Å². The van der Waals surface area contributed by atoms with E-state index in [0.29, 0.717) is 28.8 Å². The van der Waals surface area contributed by atoms with Gasteiger partial charge in [-0.15, -0.1) is 0 Å². The normalized spacial score (nSPS) is 18.4. The highest BCUT2D eigenvalue weighted by Crippen LogP contribution is 2.26. The number of carbonyl (C=O) groups excluding carboxylic acids is 2. The Morgan fingerprint density at radius 2 is 2.18 bits per heavy atom. The van der Waals surface area contributed by atoms with Crippen LogP contribution in [0.5, 0.6) is 0 Å². The van der Waals surface area contributed by atoms with E-state index < -0.39 is 0 Å². The molecule has 1 saturated heterocycles. The lowest BCUT2D eigenvalue weighted by Crippen LogP contribution is -2.43. The van der Waals surface area contributed by atoms with Crippen LogP contribution in [0.1, 0.15) is 37.6 Å². The van der Waals surface area contributed by atoms with E-state index in [0.717, 1.165) is 18.8 Å². The molecule has 22 heavy (non-hydrogen) atoms. The van der Waals surface area contributed by atoms with Crippen LogP contribution in [0.15, 0.2) is 24.3 Å². The summed E-state index contributed by atoms with van der Waals surface area (Å²) in [4.78, 5) is 26.1. The van der Waals surface area contributed by atoms with Crippen molar-refractivity contribution >= 4 is 29.3 Å². The Labute approximate surface area is 136 Å². The first-order chi connectivity index (χ1) is 10.5. The number of hydrogen-bond acceptors (Lipinski definition) is 3. The summed E-state index contributed by atoms with van der Waals surface area (Å²) >= 11 is 1.95. The molecule has 0 aromatic heterocycles. The van der Waals surface area contributed by atoms with E-state index in [2.05, 4.69) is 19.2 Å². The van der Waals surface area contributed by atoms with Crippen LogP contribution in [0.3, 0.4) is 0 Å². The van der Waals surface area contributed by atoms with Crippen LogP contribution in [0.4, 0.5) is 5.69 Å². The summed E-state index contributed by atoms with van der Waals surface area (Å²) in [7, 11) is 0. The minimum absolute atomic E-state index is 0.0427. The molecular formula is C17H24N2O2S. The zero-order chi connectivity index (χ0) is 16.1. The molecule has 2 amide bonds. The zero-order valence-electron chi connectivity index (χ0n) is 13.5. The van der Waals surface area contributed by atoms with Crippen molar-refractivity contribution in [3.05, 3.63) is 29.8 Å². The van der Waals surface area contributed by atoms with E-state index in [1.54, 1.807) is 6.07 Å². The molecular weight excluding hydrogens is 296 g/mol. The molecule has 1 aliphatic heterocycles. The summed E-state index contributed by atoms with van der Waals surface area (Å²) < 4.78 is 0. The van der Waals surface area contributed by atoms with Gasteiger partial charge in [-0.3, -0.25) is 9.59 Å². The van der Waals surface area contributed by atoms with E-state index in [1.165, 1.54) is 0 Å². The van der Waals surface area contributed by atoms with E-state index in [9.17, 15) is 9.59 Å². The molecule has 1 heterocycles. The average Bonchev–Trinajstić information content (AvgIpc) is 2.54. The van der Waals surface area contributed by atoms with Crippen molar-refractivity contribution in [2.24, 2.45) is 5.92 Å². The van der Waals surface area contributed by atoms with Gasteiger partial charge in [0.2, 0.25) is 5.91 Å². The number of hydrogen-bond donors (Lipinski definition) is 1. The second-order valence-corrected chi connectivity index (χ2v) is 7.23. The lowest BCUT2D eigenvalue weighted by molar-refractivity contribution is -0.115. The first-order valence-corrected chi connectivity index (χ1v) is 8.87. The molecule has 120 valence electrons. The predicted octanol–water partition coefficient (Wildman–Crippen LogP) is 3.25. The van der Waals surface area contributed by atoms with Gasteiger partial charge in [-0.2, -0.15) is 11.8 Å². The van der Waals surface area contributed by atoms with Gasteiger partial charge in [-0.1, -0.05) is 26.8 Å². The van der Waals surface area contributed by atoms with Gasteiger partial charge in [0, 0.05) is 41.8 Å². The van der Waals surface area contributed by atoms with Gasteiger partial charge in [-0.25, -0.2) is 0 Å². The summed E-state index contributed by atoms with van der Waals surface area (Å²) in [6.45, 7) is 7.80. The highest BCUT2D eigenvalue weighted by Gasteiger charge is 2.26. The Balaban J connectivity index is 2.08. The molecule has 1 fully saturated rings. The number of nitrogens with zero attached hydrogens (tertiary/aromatic N) is 1. The van der Waals surface area contributed by atoms with E-state index in [1.807, 2.05) is 41.8 Å². The average molecular weight is 320 g/mol.